The van der Waals surface area contributed by atoms with Crippen molar-refractivity contribution in [1.29, 1.82) is 0 Å². The Balaban J connectivity index is 1.66. The zero-order chi connectivity index (χ0) is 17.2. The Morgan fingerprint density at radius 1 is 0.958 bits per heavy atom. The van der Waals surface area contributed by atoms with Gasteiger partial charge >= 0.3 is 0 Å². The van der Waals surface area contributed by atoms with E-state index in [4.69, 9.17) is 4.84 Å². The van der Waals surface area contributed by atoms with Crippen LogP contribution in [0.5, 0.6) is 0 Å². The number of carbonyl (C=O) groups is 1. The second-order valence-electron chi connectivity index (χ2n) is 6.95. The van der Waals surface area contributed by atoms with Crippen LogP contribution in [0.4, 0.5) is 0 Å². The molecule has 2 aromatic carbocycles. The molecule has 0 saturated heterocycles. The van der Waals surface area contributed by atoms with E-state index >= 15 is 0 Å². The molecule has 0 unspecified atom stereocenters. The highest BCUT2D eigenvalue weighted by Crippen LogP contribution is 2.22. The zero-order valence-corrected chi connectivity index (χ0v) is 14.2. The van der Waals surface area contributed by atoms with Gasteiger partial charge in [0.25, 0.3) is 0 Å². The van der Waals surface area contributed by atoms with Gasteiger partial charge < -0.3 is 4.84 Å². The van der Waals surface area contributed by atoms with Gasteiger partial charge in [0.1, 0.15) is 6.61 Å². The van der Waals surface area contributed by atoms with E-state index in [1.165, 1.54) is 5.56 Å². The summed E-state index contributed by atoms with van der Waals surface area (Å²) >= 11 is 0. The fraction of sp³-hybridized carbons (Fsp3) is 0.238. The number of hydrogen-bond donors (Lipinski definition) is 0. The second-order valence-corrected chi connectivity index (χ2v) is 6.95. The van der Waals surface area contributed by atoms with E-state index in [9.17, 15) is 4.79 Å². The summed E-state index contributed by atoms with van der Waals surface area (Å²) in [5.74, 6) is -0.101. The summed E-state index contributed by atoms with van der Waals surface area (Å²) in [6, 6.07) is 15.8. The quantitative estimate of drug-likeness (QED) is 0.765. The SMILES string of the molecule is CC(C)(C)c1ccc(CO/N=C2\C=Cc3ccccc3C2=O)cc1. The first kappa shape index (κ1) is 16.2. The average Bonchev–Trinajstić information content (AvgIpc) is 2.57. The predicted octanol–water partition coefficient (Wildman–Crippen LogP) is 4.77. The molecule has 0 saturated carbocycles. The van der Waals surface area contributed by atoms with E-state index in [0.717, 1.165) is 11.1 Å². The standard InChI is InChI=1S/C21H21NO2/c1-21(2,3)17-11-8-15(9-12-17)14-24-22-19-13-10-16-6-4-5-7-18(16)20(19)23/h4-13H,14H2,1-3H3/b22-19+. The van der Waals surface area contributed by atoms with Crippen LogP contribution in [0.25, 0.3) is 6.08 Å². The van der Waals surface area contributed by atoms with Crippen LogP contribution in [-0.4, -0.2) is 11.5 Å². The third-order valence-electron chi connectivity index (χ3n) is 4.07. The lowest BCUT2D eigenvalue weighted by atomic mass is 9.87. The van der Waals surface area contributed by atoms with Gasteiger partial charge in [-0.05, 0) is 28.2 Å². The summed E-state index contributed by atoms with van der Waals surface area (Å²) in [5.41, 5.74) is 4.35. The van der Waals surface area contributed by atoms with Crippen LogP contribution in [0, 0.1) is 0 Å². The van der Waals surface area contributed by atoms with Gasteiger partial charge in [0.05, 0.1) is 0 Å². The Labute approximate surface area is 142 Å². The molecule has 0 heterocycles. The number of nitrogens with zero attached hydrogens (tertiary/aromatic N) is 1. The van der Waals surface area contributed by atoms with Crippen LogP contribution in [0.2, 0.25) is 0 Å². The van der Waals surface area contributed by atoms with Crippen molar-refractivity contribution in [1.82, 2.24) is 0 Å². The average molecular weight is 319 g/mol. The van der Waals surface area contributed by atoms with Crippen molar-refractivity contribution in [3.63, 3.8) is 0 Å². The fourth-order valence-electron chi connectivity index (χ4n) is 2.58. The highest BCUT2D eigenvalue weighted by molar-refractivity contribution is 6.52. The maximum atomic E-state index is 12.4. The molecule has 0 fully saturated rings. The monoisotopic (exact) mass is 319 g/mol. The third-order valence-corrected chi connectivity index (χ3v) is 4.07. The highest BCUT2D eigenvalue weighted by Gasteiger charge is 2.19. The van der Waals surface area contributed by atoms with Crippen molar-refractivity contribution >= 4 is 17.6 Å². The Kier molecular flexibility index (Phi) is 4.34. The summed E-state index contributed by atoms with van der Waals surface area (Å²) in [7, 11) is 0. The van der Waals surface area contributed by atoms with Crippen molar-refractivity contribution in [2.24, 2.45) is 5.16 Å². The molecule has 0 aromatic heterocycles. The molecule has 0 spiro atoms. The molecule has 3 heteroatoms. The summed E-state index contributed by atoms with van der Waals surface area (Å²) in [6.07, 6.45) is 3.59. The lowest BCUT2D eigenvalue weighted by Gasteiger charge is -2.19. The molecule has 0 aliphatic heterocycles. The first-order valence-electron chi connectivity index (χ1n) is 8.06. The number of carbonyl (C=O) groups excluding carboxylic acids is 1. The minimum absolute atomic E-state index is 0.101. The lowest BCUT2D eigenvalue weighted by Crippen LogP contribution is -2.17. The van der Waals surface area contributed by atoms with Crippen LogP contribution in [-0.2, 0) is 16.9 Å². The molecule has 3 nitrogen and oxygen atoms in total. The van der Waals surface area contributed by atoms with Gasteiger partial charge in [-0.1, -0.05) is 80.5 Å². The van der Waals surface area contributed by atoms with Crippen molar-refractivity contribution in [2.45, 2.75) is 32.8 Å². The third kappa shape index (κ3) is 3.46. The molecule has 0 atom stereocenters. The van der Waals surface area contributed by atoms with Crippen molar-refractivity contribution in [2.75, 3.05) is 0 Å². The van der Waals surface area contributed by atoms with Gasteiger partial charge in [0.15, 0.2) is 5.71 Å². The Hall–Kier alpha value is -2.68. The molecular weight excluding hydrogens is 298 g/mol. The topological polar surface area (TPSA) is 38.7 Å². The molecule has 1 aliphatic carbocycles. The van der Waals surface area contributed by atoms with E-state index in [2.05, 4.69) is 38.1 Å². The molecule has 2 aromatic rings. The number of Topliss-reactive ketones (excluding diaryl/α,β-unsaturated/α-hetero) is 1. The van der Waals surface area contributed by atoms with Gasteiger partial charge in [0, 0.05) is 5.56 Å². The van der Waals surface area contributed by atoms with Gasteiger partial charge in [0.2, 0.25) is 5.78 Å². The zero-order valence-electron chi connectivity index (χ0n) is 14.2. The maximum absolute atomic E-state index is 12.4. The van der Waals surface area contributed by atoms with Gasteiger partial charge in [-0.15, -0.1) is 0 Å². The molecule has 122 valence electrons. The lowest BCUT2D eigenvalue weighted by molar-refractivity contribution is 0.103. The Morgan fingerprint density at radius 2 is 1.67 bits per heavy atom. The number of ketones is 1. The number of allylic oxidation sites excluding steroid dienone is 1. The van der Waals surface area contributed by atoms with E-state index in [1.54, 1.807) is 6.08 Å². The number of benzene rings is 2. The molecule has 1 aliphatic rings. The van der Waals surface area contributed by atoms with Gasteiger partial charge in [-0.3, -0.25) is 4.79 Å². The second kappa shape index (κ2) is 6.44. The van der Waals surface area contributed by atoms with Crippen LogP contribution < -0.4 is 0 Å². The van der Waals surface area contributed by atoms with Crippen LogP contribution >= 0.6 is 0 Å². The number of oxime groups is 1. The van der Waals surface area contributed by atoms with Crippen molar-refractivity contribution in [3.8, 4) is 0 Å². The van der Waals surface area contributed by atoms with Crippen molar-refractivity contribution < 1.29 is 9.63 Å². The maximum Gasteiger partial charge on any atom is 0.215 e. The van der Waals surface area contributed by atoms with E-state index in [1.807, 2.05) is 42.5 Å². The molecule has 3 rings (SSSR count). The first-order chi connectivity index (χ1) is 11.4. The fourth-order valence-corrected chi connectivity index (χ4v) is 2.58. The van der Waals surface area contributed by atoms with E-state index in [-0.39, 0.29) is 11.2 Å². The van der Waals surface area contributed by atoms with Gasteiger partial charge in [-0.25, -0.2) is 0 Å². The molecule has 0 amide bonds. The predicted molar refractivity (Wildman–Crippen MR) is 97.2 cm³/mol. The Bertz CT molecular complexity index is 808. The summed E-state index contributed by atoms with van der Waals surface area (Å²) in [6.45, 7) is 6.90. The Morgan fingerprint density at radius 3 is 2.38 bits per heavy atom. The van der Waals surface area contributed by atoms with Crippen LogP contribution in [0.3, 0.4) is 0 Å². The molecule has 0 radical (unpaired) electrons. The number of hydrogen-bond acceptors (Lipinski definition) is 3. The first-order valence-corrected chi connectivity index (χ1v) is 8.06. The van der Waals surface area contributed by atoms with Crippen LogP contribution in [0.1, 0.15) is 47.8 Å². The highest BCUT2D eigenvalue weighted by atomic mass is 16.6. The normalized spacial score (nSPS) is 15.5. The molecule has 0 N–H and O–H groups in total. The van der Waals surface area contributed by atoms with Crippen LogP contribution in [0.15, 0.2) is 59.8 Å². The molecule has 24 heavy (non-hydrogen) atoms. The smallest absolute Gasteiger partial charge is 0.215 e. The van der Waals surface area contributed by atoms with Crippen molar-refractivity contribution in [3.05, 3.63) is 76.9 Å². The number of rotatable bonds is 3. The van der Waals surface area contributed by atoms with E-state index in [0.29, 0.717) is 17.9 Å². The summed E-state index contributed by atoms with van der Waals surface area (Å²) < 4.78 is 0. The minimum Gasteiger partial charge on any atom is -0.390 e. The van der Waals surface area contributed by atoms with Gasteiger partial charge in [-0.2, -0.15) is 0 Å². The largest absolute Gasteiger partial charge is 0.390 e. The van der Waals surface area contributed by atoms with E-state index < -0.39 is 0 Å². The minimum atomic E-state index is -0.101. The summed E-state index contributed by atoms with van der Waals surface area (Å²) in [5, 5.41) is 4.01. The summed E-state index contributed by atoms with van der Waals surface area (Å²) in [4.78, 5) is 17.7. The number of fused-ring (bicyclic) bond motifs is 1. The molecular formula is C21H21NO2. The molecule has 0 bridgehead atoms.